The van der Waals surface area contributed by atoms with E-state index in [2.05, 4.69) is 4.72 Å². The van der Waals surface area contributed by atoms with Crippen LogP contribution in [0.15, 0.2) is 15.7 Å². The fourth-order valence-electron chi connectivity index (χ4n) is 2.07. The maximum absolute atomic E-state index is 12.2. The minimum absolute atomic E-state index is 0.0184. The summed E-state index contributed by atoms with van der Waals surface area (Å²) in [4.78, 5) is 0. The molecule has 0 saturated carbocycles. The van der Waals surface area contributed by atoms with E-state index >= 15 is 0 Å². The van der Waals surface area contributed by atoms with Gasteiger partial charge in [0.1, 0.15) is 4.21 Å². The largest absolute Gasteiger partial charge is 0.326 e. The van der Waals surface area contributed by atoms with Crippen molar-refractivity contribution >= 4 is 31.2 Å². The number of thiophene rings is 1. The van der Waals surface area contributed by atoms with Gasteiger partial charge in [0.2, 0.25) is 0 Å². The van der Waals surface area contributed by atoms with E-state index in [1.807, 2.05) is 0 Å². The van der Waals surface area contributed by atoms with Crippen molar-refractivity contribution < 1.29 is 16.8 Å². The fourth-order valence-corrected chi connectivity index (χ4v) is 6.91. The summed E-state index contributed by atoms with van der Waals surface area (Å²) in [6.07, 6.45) is 0.295. The molecule has 0 radical (unpaired) electrons. The Morgan fingerprint density at radius 3 is 2.68 bits per heavy atom. The van der Waals surface area contributed by atoms with Gasteiger partial charge < -0.3 is 5.73 Å². The highest BCUT2D eigenvalue weighted by atomic mass is 32.2. The molecule has 1 aliphatic rings. The normalized spacial score (nSPS) is 26.6. The summed E-state index contributed by atoms with van der Waals surface area (Å²) in [6, 6.07) is 1.51. The zero-order valence-corrected chi connectivity index (χ0v) is 12.9. The second-order valence-electron chi connectivity index (χ2n) is 4.99. The van der Waals surface area contributed by atoms with Gasteiger partial charge in [-0.2, -0.15) is 0 Å². The van der Waals surface area contributed by atoms with Crippen LogP contribution >= 0.6 is 11.3 Å². The van der Waals surface area contributed by atoms with E-state index in [-0.39, 0.29) is 22.3 Å². The monoisotopic (exact) mass is 324 g/mol. The molecule has 0 amide bonds. The molecule has 2 heterocycles. The minimum Gasteiger partial charge on any atom is -0.326 e. The Labute approximate surface area is 117 Å². The maximum Gasteiger partial charge on any atom is 0.250 e. The summed E-state index contributed by atoms with van der Waals surface area (Å²) in [5, 5.41) is 1.68. The van der Waals surface area contributed by atoms with Crippen LogP contribution in [-0.4, -0.2) is 33.9 Å². The van der Waals surface area contributed by atoms with Crippen LogP contribution in [0.25, 0.3) is 0 Å². The highest BCUT2D eigenvalue weighted by Crippen LogP contribution is 2.27. The van der Waals surface area contributed by atoms with E-state index in [0.717, 1.165) is 16.9 Å². The number of nitrogens with two attached hydrogens (primary N) is 1. The molecule has 0 aliphatic carbocycles. The first-order valence-corrected chi connectivity index (χ1v) is 9.86. The van der Waals surface area contributed by atoms with Crippen LogP contribution in [0, 0.1) is 0 Å². The van der Waals surface area contributed by atoms with E-state index in [4.69, 9.17) is 5.73 Å². The smallest absolute Gasteiger partial charge is 0.250 e. The molecule has 1 aliphatic heterocycles. The van der Waals surface area contributed by atoms with Gasteiger partial charge >= 0.3 is 0 Å². The molecule has 0 spiro atoms. The van der Waals surface area contributed by atoms with Crippen LogP contribution in [0.4, 0.5) is 0 Å². The van der Waals surface area contributed by atoms with Gasteiger partial charge in [-0.1, -0.05) is 0 Å². The molecule has 1 fully saturated rings. The van der Waals surface area contributed by atoms with Crippen molar-refractivity contribution in [1.29, 1.82) is 0 Å². The lowest BCUT2D eigenvalue weighted by Crippen LogP contribution is -2.46. The van der Waals surface area contributed by atoms with Crippen molar-refractivity contribution in [1.82, 2.24) is 4.72 Å². The number of sulfonamides is 1. The molecule has 0 aromatic carbocycles. The lowest BCUT2D eigenvalue weighted by molar-refractivity contribution is 0.462. The molecule has 1 unspecified atom stereocenters. The summed E-state index contributed by atoms with van der Waals surface area (Å²) in [6.45, 7) is 1.89. The first kappa shape index (κ1) is 14.9. The Hall–Kier alpha value is -0.480. The fraction of sp³-hybridized carbons (Fsp3) is 0.600. The van der Waals surface area contributed by atoms with Crippen LogP contribution < -0.4 is 10.5 Å². The third kappa shape index (κ3) is 3.34. The van der Waals surface area contributed by atoms with Crippen molar-refractivity contribution in [2.45, 2.75) is 29.6 Å². The minimum atomic E-state index is -3.69. The van der Waals surface area contributed by atoms with Crippen molar-refractivity contribution in [3.63, 3.8) is 0 Å². The van der Waals surface area contributed by atoms with Crippen LogP contribution in [0.1, 0.15) is 18.9 Å². The summed E-state index contributed by atoms with van der Waals surface area (Å²) in [5.41, 5.74) is 5.26. The van der Waals surface area contributed by atoms with Gasteiger partial charge in [-0.05, 0) is 30.4 Å². The van der Waals surface area contributed by atoms with Gasteiger partial charge in [0.05, 0.1) is 11.5 Å². The van der Waals surface area contributed by atoms with Gasteiger partial charge in [0, 0.05) is 12.1 Å². The van der Waals surface area contributed by atoms with Crippen molar-refractivity contribution in [3.05, 3.63) is 17.0 Å². The number of hydrogen-bond acceptors (Lipinski definition) is 6. The summed E-state index contributed by atoms with van der Waals surface area (Å²) in [7, 11) is -6.84. The summed E-state index contributed by atoms with van der Waals surface area (Å²) >= 11 is 1.08. The predicted molar refractivity (Wildman–Crippen MR) is 74.2 cm³/mol. The first-order chi connectivity index (χ1) is 8.66. The molecule has 108 valence electrons. The highest BCUT2D eigenvalue weighted by molar-refractivity contribution is 7.92. The molecule has 1 aromatic rings. The lowest BCUT2D eigenvalue weighted by Gasteiger charge is -2.22. The second-order valence-corrected chi connectivity index (χ2v) is 9.99. The Morgan fingerprint density at radius 1 is 1.53 bits per heavy atom. The van der Waals surface area contributed by atoms with Crippen LogP contribution in [0.5, 0.6) is 0 Å². The molecule has 6 nitrogen and oxygen atoms in total. The molecule has 9 heteroatoms. The number of sulfone groups is 1. The van der Waals surface area contributed by atoms with E-state index in [9.17, 15) is 16.8 Å². The summed E-state index contributed by atoms with van der Waals surface area (Å²) < 4.78 is 50.0. The molecule has 2 rings (SSSR count). The standard InChI is InChI=1S/C10H16N2O4S3/c1-10(2-3-18(13,14)7-10)12-19(15,16)9-4-8(5-11)6-17-9/h4,6,12H,2-3,5,7,11H2,1H3. The third-order valence-electron chi connectivity index (χ3n) is 3.01. The predicted octanol–water partition coefficient (Wildman–Crippen LogP) is 0.0623. The van der Waals surface area contributed by atoms with Crippen molar-refractivity contribution in [2.75, 3.05) is 11.5 Å². The second kappa shape index (κ2) is 4.81. The average Bonchev–Trinajstić information content (AvgIpc) is 2.83. The molecule has 1 atom stereocenters. The van der Waals surface area contributed by atoms with E-state index in [0.29, 0.717) is 6.42 Å². The molecular formula is C10H16N2O4S3. The van der Waals surface area contributed by atoms with Crippen LogP contribution in [0.2, 0.25) is 0 Å². The summed E-state index contributed by atoms with van der Waals surface area (Å²) in [5.74, 6) is -0.140. The highest BCUT2D eigenvalue weighted by Gasteiger charge is 2.41. The van der Waals surface area contributed by atoms with Gasteiger partial charge in [0.15, 0.2) is 9.84 Å². The SMILES string of the molecule is CC1(NS(=O)(=O)c2cc(CN)cs2)CCS(=O)(=O)C1. The number of hydrogen-bond donors (Lipinski definition) is 2. The van der Waals surface area contributed by atoms with Crippen molar-refractivity contribution in [2.24, 2.45) is 5.73 Å². The molecule has 19 heavy (non-hydrogen) atoms. The topological polar surface area (TPSA) is 106 Å². The maximum atomic E-state index is 12.2. The Balaban J connectivity index is 2.23. The van der Waals surface area contributed by atoms with Gasteiger partial charge in [-0.15, -0.1) is 11.3 Å². The van der Waals surface area contributed by atoms with E-state index in [1.165, 1.54) is 6.07 Å². The van der Waals surface area contributed by atoms with Crippen LogP contribution in [-0.2, 0) is 26.4 Å². The van der Waals surface area contributed by atoms with Crippen LogP contribution in [0.3, 0.4) is 0 Å². The molecule has 3 N–H and O–H groups in total. The van der Waals surface area contributed by atoms with Gasteiger partial charge in [-0.3, -0.25) is 0 Å². The molecule has 1 aromatic heterocycles. The quantitative estimate of drug-likeness (QED) is 0.814. The van der Waals surface area contributed by atoms with E-state index < -0.39 is 25.4 Å². The number of rotatable bonds is 4. The van der Waals surface area contributed by atoms with Gasteiger partial charge in [-0.25, -0.2) is 21.6 Å². The average molecular weight is 324 g/mol. The van der Waals surface area contributed by atoms with Crippen molar-refractivity contribution in [3.8, 4) is 0 Å². The Bertz CT molecular complexity index is 677. The third-order valence-corrected chi connectivity index (χ3v) is 8.04. The Kier molecular flexibility index (Phi) is 3.78. The Morgan fingerprint density at radius 2 is 2.21 bits per heavy atom. The zero-order chi connectivity index (χ0) is 14.3. The molecule has 0 bridgehead atoms. The first-order valence-electron chi connectivity index (χ1n) is 5.68. The molecular weight excluding hydrogens is 308 g/mol. The van der Waals surface area contributed by atoms with E-state index in [1.54, 1.807) is 12.3 Å². The zero-order valence-electron chi connectivity index (χ0n) is 10.4. The molecule has 1 saturated heterocycles. The van der Waals surface area contributed by atoms with Gasteiger partial charge in [0.25, 0.3) is 10.0 Å². The number of nitrogens with one attached hydrogen (secondary N) is 1. The lowest BCUT2D eigenvalue weighted by atomic mass is 10.0.